The molecule has 2 aromatic carbocycles. The van der Waals surface area contributed by atoms with Crippen molar-refractivity contribution in [3.05, 3.63) is 58.1 Å². The number of carbonyl (C=O) groups is 2. The molecule has 3 N–H and O–H groups in total. The summed E-state index contributed by atoms with van der Waals surface area (Å²) in [5.41, 5.74) is 7.68. The minimum atomic E-state index is -0.662. The zero-order valence-corrected chi connectivity index (χ0v) is 13.2. The van der Waals surface area contributed by atoms with Crippen LogP contribution in [0, 0.1) is 6.92 Å². The van der Waals surface area contributed by atoms with Gasteiger partial charge in [0.1, 0.15) is 5.75 Å². The molecule has 23 heavy (non-hydrogen) atoms. The van der Waals surface area contributed by atoms with E-state index < -0.39 is 12.0 Å². The summed E-state index contributed by atoms with van der Waals surface area (Å²) in [5.74, 6) is -0.264. The van der Waals surface area contributed by atoms with E-state index in [1.54, 1.807) is 43.3 Å². The van der Waals surface area contributed by atoms with E-state index in [-0.39, 0.29) is 5.91 Å². The maximum atomic E-state index is 12.4. The lowest BCUT2D eigenvalue weighted by molar-refractivity contribution is -0.122. The third-order valence-corrected chi connectivity index (χ3v) is 4.00. The number of carbonyl (C=O) groups excluding carboxylic acids is 2. The highest BCUT2D eigenvalue weighted by Gasteiger charge is 2.30. The summed E-state index contributed by atoms with van der Waals surface area (Å²) in [6, 6.07) is 10.4. The van der Waals surface area contributed by atoms with Crippen LogP contribution in [0.3, 0.4) is 0 Å². The predicted molar refractivity (Wildman–Crippen MR) is 87.9 cm³/mol. The number of hydrogen-bond donors (Lipinski definition) is 2. The molecule has 2 aromatic rings. The molecule has 3 rings (SSSR count). The topological polar surface area (TPSA) is 81.4 Å². The number of amides is 2. The van der Waals surface area contributed by atoms with Crippen LogP contribution in [0.5, 0.6) is 5.75 Å². The van der Waals surface area contributed by atoms with Crippen LogP contribution in [-0.4, -0.2) is 17.9 Å². The Balaban J connectivity index is 1.79. The maximum absolute atomic E-state index is 12.4. The summed E-state index contributed by atoms with van der Waals surface area (Å²) in [4.78, 5) is 24.0. The molecule has 1 aliphatic rings. The Kier molecular flexibility index (Phi) is 3.96. The van der Waals surface area contributed by atoms with Crippen molar-refractivity contribution in [2.24, 2.45) is 5.73 Å². The Morgan fingerprint density at radius 2 is 2.09 bits per heavy atom. The minimum absolute atomic E-state index is 0.305. The molecule has 1 atom stereocenters. The van der Waals surface area contributed by atoms with Gasteiger partial charge in [0.05, 0.1) is 11.3 Å². The van der Waals surface area contributed by atoms with Gasteiger partial charge in [-0.2, -0.15) is 0 Å². The molecule has 0 saturated heterocycles. The number of rotatable bonds is 3. The molecule has 2 amide bonds. The summed E-state index contributed by atoms with van der Waals surface area (Å²) >= 11 is 5.95. The van der Waals surface area contributed by atoms with Crippen molar-refractivity contribution in [2.45, 2.75) is 19.4 Å². The molecule has 0 aromatic heterocycles. The van der Waals surface area contributed by atoms with Gasteiger partial charge >= 0.3 is 0 Å². The molecule has 1 unspecified atom stereocenters. The number of fused-ring (bicyclic) bond motifs is 1. The lowest BCUT2D eigenvalue weighted by Crippen LogP contribution is -2.32. The lowest BCUT2D eigenvalue weighted by atomic mass is 10.1. The molecule has 0 radical (unpaired) electrons. The van der Waals surface area contributed by atoms with Crippen molar-refractivity contribution in [1.82, 2.24) is 0 Å². The Bertz CT molecular complexity index is 804. The predicted octanol–water partition coefficient (Wildman–Crippen LogP) is 2.69. The fraction of sp³-hybridized carbons (Fsp3) is 0.176. The van der Waals surface area contributed by atoms with Crippen molar-refractivity contribution in [2.75, 3.05) is 5.32 Å². The molecular weight excluding hydrogens is 316 g/mol. The minimum Gasteiger partial charge on any atom is -0.480 e. The van der Waals surface area contributed by atoms with E-state index in [0.29, 0.717) is 34.0 Å². The number of benzene rings is 2. The van der Waals surface area contributed by atoms with E-state index in [9.17, 15) is 9.59 Å². The van der Waals surface area contributed by atoms with Crippen molar-refractivity contribution in [1.29, 1.82) is 0 Å². The van der Waals surface area contributed by atoms with Crippen LogP contribution in [0.15, 0.2) is 36.4 Å². The molecule has 5 nitrogen and oxygen atoms in total. The molecular formula is C17H15ClN2O3. The first-order valence-electron chi connectivity index (χ1n) is 7.11. The van der Waals surface area contributed by atoms with Crippen molar-refractivity contribution < 1.29 is 14.3 Å². The third-order valence-electron chi connectivity index (χ3n) is 3.77. The summed E-state index contributed by atoms with van der Waals surface area (Å²) in [6.45, 7) is 1.76. The Morgan fingerprint density at radius 3 is 2.83 bits per heavy atom. The molecule has 0 aliphatic carbocycles. The van der Waals surface area contributed by atoms with E-state index in [4.69, 9.17) is 22.1 Å². The Morgan fingerprint density at radius 1 is 1.30 bits per heavy atom. The number of hydrogen-bond acceptors (Lipinski definition) is 3. The number of nitrogens with two attached hydrogens (primary N) is 1. The molecule has 0 saturated carbocycles. The first kappa shape index (κ1) is 15.4. The van der Waals surface area contributed by atoms with E-state index in [2.05, 4.69) is 5.32 Å². The number of primary amides is 1. The first-order valence-corrected chi connectivity index (χ1v) is 7.49. The molecule has 0 spiro atoms. The number of nitrogens with one attached hydrogen (secondary N) is 1. The molecule has 0 fully saturated rings. The summed E-state index contributed by atoms with van der Waals surface area (Å²) < 4.78 is 5.64. The summed E-state index contributed by atoms with van der Waals surface area (Å²) in [5, 5.41) is 3.33. The highest BCUT2D eigenvalue weighted by Crippen LogP contribution is 2.31. The van der Waals surface area contributed by atoms with Gasteiger partial charge in [0.15, 0.2) is 6.10 Å². The standard InChI is InChI=1S/C17H15ClN2O3/c1-9-3-2-4-12(15(9)16(19)21)20-17(22)14-8-10-7-11(18)5-6-13(10)23-14/h2-7,14H,8H2,1H3,(H2,19,21)(H,20,22). The van der Waals surface area contributed by atoms with Crippen molar-refractivity contribution in [3.63, 3.8) is 0 Å². The van der Waals surface area contributed by atoms with Crippen LogP contribution < -0.4 is 15.8 Å². The van der Waals surface area contributed by atoms with Crippen LogP contribution in [0.1, 0.15) is 21.5 Å². The average molecular weight is 331 g/mol. The summed E-state index contributed by atoms with van der Waals surface area (Å²) in [7, 11) is 0. The number of halogens is 1. The largest absolute Gasteiger partial charge is 0.480 e. The first-order chi connectivity index (χ1) is 11.0. The van der Waals surface area contributed by atoms with Crippen molar-refractivity contribution >= 4 is 29.1 Å². The Labute approximate surface area is 138 Å². The number of anilines is 1. The molecule has 1 aliphatic heterocycles. The maximum Gasteiger partial charge on any atom is 0.265 e. The van der Waals surface area contributed by atoms with Crippen LogP contribution in [-0.2, 0) is 11.2 Å². The quantitative estimate of drug-likeness (QED) is 0.907. The van der Waals surface area contributed by atoms with Crippen LogP contribution in [0.4, 0.5) is 5.69 Å². The molecule has 1 heterocycles. The second-order valence-corrected chi connectivity index (χ2v) is 5.85. The highest BCUT2D eigenvalue weighted by molar-refractivity contribution is 6.30. The van der Waals surface area contributed by atoms with Gasteiger partial charge in [0.25, 0.3) is 11.8 Å². The average Bonchev–Trinajstić information content (AvgIpc) is 2.90. The van der Waals surface area contributed by atoms with Gasteiger partial charge in [0, 0.05) is 11.4 Å². The van der Waals surface area contributed by atoms with Crippen LogP contribution in [0.25, 0.3) is 0 Å². The van der Waals surface area contributed by atoms with Crippen LogP contribution in [0.2, 0.25) is 5.02 Å². The monoisotopic (exact) mass is 330 g/mol. The van der Waals surface area contributed by atoms with E-state index in [0.717, 1.165) is 5.56 Å². The van der Waals surface area contributed by atoms with Gasteiger partial charge in [0.2, 0.25) is 0 Å². The van der Waals surface area contributed by atoms with Gasteiger partial charge in [-0.3, -0.25) is 9.59 Å². The normalized spacial score (nSPS) is 15.7. The zero-order chi connectivity index (χ0) is 16.6. The SMILES string of the molecule is Cc1cccc(NC(=O)C2Cc3cc(Cl)ccc3O2)c1C(N)=O. The fourth-order valence-corrected chi connectivity index (χ4v) is 2.87. The Hall–Kier alpha value is -2.53. The van der Waals surface area contributed by atoms with Crippen LogP contribution >= 0.6 is 11.6 Å². The third kappa shape index (κ3) is 3.00. The zero-order valence-electron chi connectivity index (χ0n) is 12.4. The number of aryl methyl sites for hydroxylation is 1. The van der Waals surface area contributed by atoms with Crippen molar-refractivity contribution in [3.8, 4) is 5.75 Å². The van der Waals surface area contributed by atoms with Gasteiger partial charge in [-0.25, -0.2) is 0 Å². The molecule has 118 valence electrons. The van der Waals surface area contributed by atoms with E-state index in [1.165, 1.54) is 0 Å². The van der Waals surface area contributed by atoms with E-state index in [1.807, 2.05) is 0 Å². The fourth-order valence-electron chi connectivity index (χ4n) is 2.68. The lowest BCUT2D eigenvalue weighted by Gasteiger charge is -2.14. The van der Waals surface area contributed by atoms with Gasteiger partial charge in [-0.1, -0.05) is 23.7 Å². The number of ether oxygens (including phenoxy) is 1. The molecule has 6 heteroatoms. The van der Waals surface area contributed by atoms with Gasteiger partial charge < -0.3 is 15.8 Å². The van der Waals surface area contributed by atoms with Gasteiger partial charge in [-0.15, -0.1) is 0 Å². The highest BCUT2D eigenvalue weighted by atomic mass is 35.5. The van der Waals surface area contributed by atoms with Gasteiger partial charge in [-0.05, 0) is 42.3 Å². The summed E-state index contributed by atoms with van der Waals surface area (Å²) in [6.07, 6.45) is -0.232. The van der Waals surface area contributed by atoms with E-state index >= 15 is 0 Å². The second-order valence-electron chi connectivity index (χ2n) is 5.41. The molecule has 0 bridgehead atoms. The smallest absolute Gasteiger partial charge is 0.265 e. The second kappa shape index (κ2) is 5.93.